The van der Waals surface area contributed by atoms with Gasteiger partial charge < -0.3 is 5.32 Å². The van der Waals surface area contributed by atoms with Gasteiger partial charge in [0, 0.05) is 23.9 Å². The van der Waals surface area contributed by atoms with Gasteiger partial charge in [0.1, 0.15) is 0 Å². The van der Waals surface area contributed by atoms with Gasteiger partial charge in [0.15, 0.2) is 0 Å². The van der Waals surface area contributed by atoms with E-state index in [9.17, 15) is 0 Å². The van der Waals surface area contributed by atoms with Crippen molar-refractivity contribution in [1.29, 1.82) is 5.41 Å². The molecule has 0 heterocycles. The third-order valence-electron chi connectivity index (χ3n) is 3.07. The zero-order valence-electron chi connectivity index (χ0n) is 9.04. The minimum Gasteiger partial charge on any atom is -0.388 e. The van der Waals surface area contributed by atoms with Gasteiger partial charge in [0.05, 0.1) is 5.71 Å². The van der Waals surface area contributed by atoms with Crippen molar-refractivity contribution in [2.45, 2.75) is 0 Å². The molecule has 0 spiro atoms. The van der Waals surface area contributed by atoms with Crippen LogP contribution >= 0.6 is 0 Å². The lowest BCUT2D eigenvalue weighted by molar-refractivity contribution is 1.46. The van der Waals surface area contributed by atoms with Gasteiger partial charge in [-0.05, 0) is 17.2 Å². The van der Waals surface area contributed by atoms with Crippen LogP contribution in [0.2, 0.25) is 0 Å². The average Bonchev–Trinajstić information content (AvgIpc) is 2.64. The summed E-state index contributed by atoms with van der Waals surface area (Å²) in [6.07, 6.45) is 0. The summed E-state index contributed by atoms with van der Waals surface area (Å²) >= 11 is 0. The van der Waals surface area contributed by atoms with Crippen molar-refractivity contribution in [1.82, 2.24) is 0 Å². The molecule has 1 aliphatic rings. The number of fused-ring (bicyclic) bond motifs is 3. The van der Waals surface area contributed by atoms with E-state index in [2.05, 4.69) is 17.4 Å². The maximum atomic E-state index is 8.22. The standard InChI is InChI=1S/C14H12N2/c1-16-12-8-4-7-10-9-5-2-3-6-11(9)14(15)13(10)12/h2-8,15-16H,1H3. The van der Waals surface area contributed by atoms with E-state index in [1.807, 2.05) is 37.4 Å². The second-order valence-corrected chi connectivity index (χ2v) is 3.90. The number of benzene rings is 2. The molecule has 0 radical (unpaired) electrons. The van der Waals surface area contributed by atoms with Crippen molar-refractivity contribution in [3.05, 3.63) is 53.6 Å². The smallest absolute Gasteiger partial charge is 0.0717 e. The summed E-state index contributed by atoms with van der Waals surface area (Å²) in [6.45, 7) is 0. The highest BCUT2D eigenvalue weighted by Gasteiger charge is 2.24. The Labute approximate surface area is 94.4 Å². The molecule has 2 aromatic rings. The minimum atomic E-state index is 0.621. The molecule has 0 atom stereocenters. The second kappa shape index (κ2) is 3.20. The van der Waals surface area contributed by atoms with Crippen LogP contribution in [0.1, 0.15) is 11.1 Å². The molecular weight excluding hydrogens is 196 g/mol. The van der Waals surface area contributed by atoms with Crippen LogP contribution in [0.25, 0.3) is 11.1 Å². The number of anilines is 1. The van der Waals surface area contributed by atoms with Crippen LogP contribution in [0, 0.1) is 5.41 Å². The summed E-state index contributed by atoms with van der Waals surface area (Å²) in [5.74, 6) is 0. The first-order valence-electron chi connectivity index (χ1n) is 5.32. The average molecular weight is 208 g/mol. The highest BCUT2D eigenvalue weighted by atomic mass is 14.8. The van der Waals surface area contributed by atoms with E-state index in [0.29, 0.717) is 5.71 Å². The molecule has 2 nitrogen and oxygen atoms in total. The van der Waals surface area contributed by atoms with Gasteiger partial charge in [-0.15, -0.1) is 0 Å². The predicted molar refractivity (Wildman–Crippen MR) is 67.4 cm³/mol. The lowest BCUT2D eigenvalue weighted by atomic mass is 10.0. The molecule has 0 amide bonds. The summed E-state index contributed by atoms with van der Waals surface area (Å²) < 4.78 is 0. The fraction of sp³-hybridized carbons (Fsp3) is 0.0714. The fourth-order valence-corrected chi connectivity index (χ4v) is 2.33. The molecule has 2 aromatic carbocycles. The maximum absolute atomic E-state index is 8.22. The third-order valence-corrected chi connectivity index (χ3v) is 3.07. The summed E-state index contributed by atoms with van der Waals surface area (Å²) in [6, 6.07) is 14.2. The molecule has 0 saturated carbocycles. The lowest BCUT2D eigenvalue weighted by Crippen LogP contribution is -2.00. The zero-order valence-corrected chi connectivity index (χ0v) is 9.04. The molecule has 0 fully saturated rings. The molecule has 0 aliphatic heterocycles. The predicted octanol–water partition coefficient (Wildman–Crippen LogP) is 3.12. The maximum Gasteiger partial charge on any atom is 0.0717 e. The fourth-order valence-electron chi connectivity index (χ4n) is 2.33. The van der Waals surface area contributed by atoms with Gasteiger partial charge in [-0.2, -0.15) is 0 Å². The van der Waals surface area contributed by atoms with Crippen molar-refractivity contribution < 1.29 is 0 Å². The van der Waals surface area contributed by atoms with E-state index >= 15 is 0 Å². The van der Waals surface area contributed by atoms with Crippen molar-refractivity contribution >= 4 is 11.4 Å². The first kappa shape index (κ1) is 9.16. The summed E-state index contributed by atoms with van der Waals surface area (Å²) in [5, 5.41) is 11.4. The number of rotatable bonds is 1. The SMILES string of the molecule is CNc1cccc2c1C(=N)c1ccccc1-2. The molecule has 1 aliphatic carbocycles. The quantitative estimate of drug-likeness (QED) is 0.633. The Hall–Kier alpha value is -2.09. The van der Waals surface area contributed by atoms with Gasteiger partial charge in [0.25, 0.3) is 0 Å². The lowest BCUT2D eigenvalue weighted by Gasteiger charge is -2.07. The molecular formula is C14H12N2. The van der Waals surface area contributed by atoms with Crippen molar-refractivity contribution in [3.63, 3.8) is 0 Å². The van der Waals surface area contributed by atoms with E-state index in [1.54, 1.807) is 0 Å². The van der Waals surface area contributed by atoms with E-state index in [4.69, 9.17) is 5.41 Å². The molecule has 16 heavy (non-hydrogen) atoms. The molecule has 3 rings (SSSR count). The van der Waals surface area contributed by atoms with Gasteiger partial charge in [0.2, 0.25) is 0 Å². The van der Waals surface area contributed by atoms with Crippen LogP contribution in [0.4, 0.5) is 5.69 Å². The van der Waals surface area contributed by atoms with Crippen molar-refractivity contribution in [3.8, 4) is 11.1 Å². The Morgan fingerprint density at radius 1 is 0.875 bits per heavy atom. The number of hydrogen-bond donors (Lipinski definition) is 2. The normalized spacial score (nSPS) is 12.2. The number of hydrogen-bond acceptors (Lipinski definition) is 2. The van der Waals surface area contributed by atoms with Crippen LogP contribution in [0.3, 0.4) is 0 Å². The minimum absolute atomic E-state index is 0.621. The Balaban J connectivity index is 2.37. The highest BCUT2D eigenvalue weighted by Crippen LogP contribution is 2.39. The largest absolute Gasteiger partial charge is 0.388 e. The first-order valence-corrected chi connectivity index (χ1v) is 5.32. The van der Waals surface area contributed by atoms with Crippen LogP contribution in [0.15, 0.2) is 42.5 Å². The molecule has 0 unspecified atom stereocenters. The van der Waals surface area contributed by atoms with Gasteiger partial charge >= 0.3 is 0 Å². The topological polar surface area (TPSA) is 35.9 Å². The number of nitrogens with one attached hydrogen (secondary N) is 2. The van der Waals surface area contributed by atoms with Gasteiger partial charge in [-0.3, -0.25) is 5.41 Å². The monoisotopic (exact) mass is 208 g/mol. The summed E-state index contributed by atoms with van der Waals surface area (Å²) in [4.78, 5) is 0. The van der Waals surface area contributed by atoms with Crippen LogP contribution < -0.4 is 5.32 Å². The molecule has 2 N–H and O–H groups in total. The molecule has 0 aromatic heterocycles. The van der Waals surface area contributed by atoms with Crippen molar-refractivity contribution in [2.75, 3.05) is 12.4 Å². The Kier molecular flexibility index (Phi) is 1.83. The first-order chi connectivity index (χ1) is 7.83. The second-order valence-electron chi connectivity index (χ2n) is 3.90. The zero-order chi connectivity index (χ0) is 11.1. The van der Waals surface area contributed by atoms with Crippen LogP contribution in [0.5, 0.6) is 0 Å². The van der Waals surface area contributed by atoms with E-state index in [1.165, 1.54) is 5.56 Å². The highest BCUT2D eigenvalue weighted by molar-refractivity contribution is 6.25. The van der Waals surface area contributed by atoms with Crippen LogP contribution in [-0.4, -0.2) is 12.8 Å². The summed E-state index contributed by atoms with van der Waals surface area (Å²) in [5.41, 5.74) is 6.02. The van der Waals surface area contributed by atoms with E-state index in [-0.39, 0.29) is 0 Å². The van der Waals surface area contributed by atoms with E-state index in [0.717, 1.165) is 22.4 Å². The van der Waals surface area contributed by atoms with Gasteiger partial charge in [-0.1, -0.05) is 36.4 Å². The molecule has 2 heteroatoms. The van der Waals surface area contributed by atoms with Crippen LogP contribution in [-0.2, 0) is 0 Å². The van der Waals surface area contributed by atoms with Gasteiger partial charge in [-0.25, -0.2) is 0 Å². The molecule has 0 saturated heterocycles. The Morgan fingerprint density at radius 3 is 2.31 bits per heavy atom. The molecule has 0 bridgehead atoms. The van der Waals surface area contributed by atoms with E-state index < -0.39 is 0 Å². The Bertz CT molecular complexity index is 585. The Morgan fingerprint density at radius 2 is 1.56 bits per heavy atom. The molecule has 78 valence electrons. The summed E-state index contributed by atoms with van der Waals surface area (Å²) in [7, 11) is 1.89. The van der Waals surface area contributed by atoms with Crippen molar-refractivity contribution in [2.24, 2.45) is 0 Å². The third kappa shape index (κ3) is 1.04.